The van der Waals surface area contributed by atoms with Crippen LogP contribution in [-0.2, 0) is 17.8 Å². The fourth-order valence-corrected chi connectivity index (χ4v) is 2.05. The molecular weight excluding hydrogens is 178 g/mol. The first-order valence-corrected chi connectivity index (χ1v) is 4.75. The summed E-state index contributed by atoms with van der Waals surface area (Å²) < 4.78 is 5.36. The van der Waals surface area contributed by atoms with Gasteiger partial charge in [-0.25, -0.2) is 0 Å². The van der Waals surface area contributed by atoms with E-state index in [1.807, 2.05) is 12.1 Å². The van der Waals surface area contributed by atoms with Crippen molar-refractivity contribution in [3.8, 4) is 5.75 Å². The number of hydrogen-bond donors (Lipinski definition) is 2. The zero-order chi connectivity index (χ0) is 9.54. The average Bonchev–Trinajstić information content (AvgIpc) is 2.56. The van der Waals surface area contributed by atoms with Gasteiger partial charge < -0.3 is 14.8 Å². The summed E-state index contributed by atoms with van der Waals surface area (Å²) in [5, 5.41) is 10.5. The van der Waals surface area contributed by atoms with E-state index >= 15 is 0 Å². The summed E-state index contributed by atoms with van der Waals surface area (Å²) in [6.45, 7) is 1.43. The number of benzene rings is 1. The normalized spacial score (nSPS) is 15.7. The van der Waals surface area contributed by atoms with Gasteiger partial charge in [-0.1, -0.05) is 0 Å². The Hall–Kier alpha value is -1.48. The number of phenolic OH excluding ortho intramolecular Hbond substituents is 1. The monoisotopic (exact) mass is 189 g/mol. The fraction of sp³-hybridized carbons (Fsp3) is 0.273. The number of phenols is 1. The lowest BCUT2D eigenvalue weighted by Crippen LogP contribution is -2.08. The molecule has 1 aliphatic rings. The lowest BCUT2D eigenvalue weighted by Gasteiger charge is -2.11. The second kappa shape index (κ2) is 2.75. The third-order valence-electron chi connectivity index (χ3n) is 2.72. The van der Waals surface area contributed by atoms with Gasteiger partial charge in [-0.2, -0.15) is 0 Å². The second-order valence-corrected chi connectivity index (χ2v) is 3.61. The van der Waals surface area contributed by atoms with Crippen LogP contribution in [0.5, 0.6) is 5.75 Å². The molecule has 72 valence electrons. The topological polar surface area (TPSA) is 45.2 Å². The van der Waals surface area contributed by atoms with Crippen molar-refractivity contribution in [3.05, 3.63) is 29.5 Å². The molecule has 2 aromatic rings. The maximum absolute atomic E-state index is 9.41. The summed E-state index contributed by atoms with van der Waals surface area (Å²) in [6.07, 6.45) is 0.929. The highest BCUT2D eigenvalue weighted by Crippen LogP contribution is 2.28. The summed E-state index contributed by atoms with van der Waals surface area (Å²) >= 11 is 0. The molecule has 14 heavy (non-hydrogen) atoms. The van der Waals surface area contributed by atoms with E-state index in [9.17, 15) is 5.11 Å². The van der Waals surface area contributed by atoms with Crippen LogP contribution in [0.3, 0.4) is 0 Å². The maximum Gasteiger partial charge on any atom is 0.116 e. The second-order valence-electron chi connectivity index (χ2n) is 3.61. The van der Waals surface area contributed by atoms with E-state index in [2.05, 4.69) is 4.98 Å². The van der Waals surface area contributed by atoms with Crippen molar-refractivity contribution >= 4 is 10.9 Å². The molecule has 0 aliphatic carbocycles. The Labute approximate surface area is 81.3 Å². The van der Waals surface area contributed by atoms with Gasteiger partial charge in [-0.05, 0) is 30.2 Å². The van der Waals surface area contributed by atoms with Crippen LogP contribution >= 0.6 is 0 Å². The van der Waals surface area contributed by atoms with Gasteiger partial charge in [-0.15, -0.1) is 0 Å². The molecule has 0 atom stereocenters. The van der Waals surface area contributed by atoms with E-state index in [4.69, 9.17) is 4.74 Å². The highest BCUT2D eigenvalue weighted by Gasteiger charge is 2.15. The van der Waals surface area contributed by atoms with Crippen molar-refractivity contribution in [1.29, 1.82) is 0 Å². The van der Waals surface area contributed by atoms with Crippen molar-refractivity contribution in [2.75, 3.05) is 6.61 Å². The van der Waals surface area contributed by atoms with Gasteiger partial charge in [0.15, 0.2) is 0 Å². The summed E-state index contributed by atoms with van der Waals surface area (Å²) in [7, 11) is 0. The van der Waals surface area contributed by atoms with Crippen molar-refractivity contribution in [2.24, 2.45) is 0 Å². The molecular formula is C11H11NO2. The van der Waals surface area contributed by atoms with E-state index in [0.29, 0.717) is 12.4 Å². The third-order valence-corrected chi connectivity index (χ3v) is 2.72. The summed E-state index contributed by atoms with van der Waals surface area (Å²) in [5.74, 6) is 0.325. The standard InChI is InChI=1S/C11H11NO2/c13-7-1-2-10-9(5-7)8-3-4-14-6-11(8)12-10/h1-2,5,12-13H,3-4,6H2. The highest BCUT2D eigenvalue weighted by molar-refractivity contribution is 5.86. The lowest BCUT2D eigenvalue weighted by molar-refractivity contribution is 0.109. The van der Waals surface area contributed by atoms with Gasteiger partial charge in [0, 0.05) is 16.6 Å². The average molecular weight is 189 g/mol. The molecule has 0 saturated carbocycles. The van der Waals surface area contributed by atoms with Crippen LogP contribution in [-0.4, -0.2) is 16.7 Å². The number of nitrogens with one attached hydrogen (secondary N) is 1. The molecule has 2 N–H and O–H groups in total. The molecule has 0 amide bonds. The predicted octanol–water partition coefficient (Wildman–Crippen LogP) is 1.95. The Morgan fingerprint density at radius 3 is 3.21 bits per heavy atom. The number of rotatable bonds is 0. The molecule has 2 heterocycles. The number of ether oxygens (including phenoxy) is 1. The van der Waals surface area contributed by atoms with Crippen LogP contribution in [0.15, 0.2) is 18.2 Å². The third kappa shape index (κ3) is 1.02. The highest BCUT2D eigenvalue weighted by atomic mass is 16.5. The van der Waals surface area contributed by atoms with Crippen LogP contribution in [0.2, 0.25) is 0 Å². The van der Waals surface area contributed by atoms with Crippen molar-refractivity contribution in [2.45, 2.75) is 13.0 Å². The molecule has 3 nitrogen and oxygen atoms in total. The van der Waals surface area contributed by atoms with Gasteiger partial charge >= 0.3 is 0 Å². The quantitative estimate of drug-likeness (QED) is 0.665. The zero-order valence-electron chi connectivity index (χ0n) is 7.71. The number of fused-ring (bicyclic) bond motifs is 3. The number of aromatic amines is 1. The smallest absolute Gasteiger partial charge is 0.116 e. The summed E-state index contributed by atoms with van der Waals surface area (Å²) in [5.41, 5.74) is 3.53. The molecule has 0 bridgehead atoms. The van der Waals surface area contributed by atoms with E-state index in [-0.39, 0.29) is 0 Å². The van der Waals surface area contributed by atoms with Crippen molar-refractivity contribution < 1.29 is 9.84 Å². The first kappa shape index (κ1) is 7.88. The Balaban J connectivity index is 2.32. The zero-order valence-corrected chi connectivity index (χ0v) is 7.71. The van der Waals surface area contributed by atoms with Gasteiger partial charge in [0.1, 0.15) is 5.75 Å². The molecule has 1 aliphatic heterocycles. The Kier molecular flexibility index (Phi) is 1.55. The van der Waals surface area contributed by atoms with E-state index in [1.54, 1.807) is 6.07 Å². The first-order valence-electron chi connectivity index (χ1n) is 4.75. The fourth-order valence-electron chi connectivity index (χ4n) is 2.05. The molecule has 0 radical (unpaired) electrons. The molecule has 3 heteroatoms. The maximum atomic E-state index is 9.41. The van der Waals surface area contributed by atoms with Crippen LogP contribution in [0.1, 0.15) is 11.3 Å². The van der Waals surface area contributed by atoms with Crippen LogP contribution in [0, 0.1) is 0 Å². The molecule has 0 fully saturated rings. The largest absolute Gasteiger partial charge is 0.508 e. The number of aromatic hydroxyl groups is 1. The Bertz CT molecular complexity index is 487. The van der Waals surface area contributed by atoms with Crippen LogP contribution in [0.4, 0.5) is 0 Å². The van der Waals surface area contributed by atoms with Crippen molar-refractivity contribution in [3.63, 3.8) is 0 Å². The first-order chi connectivity index (χ1) is 6.84. The number of H-pyrrole nitrogens is 1. The van der Waals surface area contributed by atoms with E-state index in [1.165, 1.54) is 5.56 Å². The van der Waals surface area contributed by atoms with E-state index < -0.39 is 0 Å². The lowest BCUT2D eigenvalue weighted by atomic mass is 10.1. The summed E-state index contributed by atoms with van der Waals surface area (Å²) in [6, 6.07) is 5.42. The van der Waals surface area contributed by atoms with Gasteiger partial charge in [-0.3, -0.25) is 0 Å². The number of hydrogen-bond acceptors (Lipinski definition) is 2. The minimum Gasteiger partial charge on any atom is -0.508 e. The van der Waals surface area contributed by atoms with Crippen LogP contribution in [0.25, 0.3) is 10.9 Å². The van der Waals surface area contributed by atoms with Gasteiger partial charge in [0.2, 0.25) is 0 Å². The summed E-state index contributed by atoms with van der Waals surface area (Å²) in [4.78, 5) is 3.31. The molecule has 0 saturated heterocycles. The van der Waals surface area contributed by atoms with Gasteiger partial charge in [0.25, 0.3) is 0 Å². The van der Waals surface area contributed by atoms with E-state index in [0.717, 1.165) is 29.6 Å². The van der Waals surface area contributed by atoms with Gasteiger partial charge in [0.05, 0.1) is 13.2 Å². The van der Waals surface area contributed by atoms with Crippen LogP contribution < -0.4 is 0 Å². The Morgan fingerprint density at radius 2 is 2.29 bits per heavy atom. The van der Waals surface area contributed by atoms with Crippen molar-refractivity contribution in [1.82, 2.24) is 4.98 Å². The number of aromatic nitrogens is 1. The Morgan fingerprint density at radius 1 is 1.36 bits per heavy atom. The minimum atomic E-state index is 0.325. The predicted molar refractivity (Wildman–Crippen MR) is 53.3 cm³/mol. The molecule has 1 aromatic heterocycles. The molecule has 0 spiro atoms. The molecule has 0 unspecified atom stereocenters. The minimum absolute atomic E-state index is 0.325. The molecule has 3 rings (SSSR count). The SMILES string of the molecule is Oc1ccc2[nH]c3c(c2c1)CCOC3. The molecule has 1 aromatic carbocycles.